The number of rotatable bonds is 6. The fourth-order valence-electron chi connectivity index (χ4n) is 2.66. The van der Waals surface area contributed by atoms with E-state index in [0.29, 0.717) is 23.2 Å². The highest BCUT2D eigenvalue weighted by Gasteiger charge is 2.10. The minimum atomic E-state index is -0.349. The lowest BCUT2D eigenvalue weighted by Crippen LogP contribution is -2.15. The average Bonchev–Trinajstić information content (AvgIpc) is 2.70. The van der Waals surface area contributed by atoms with E-state index in [0.717, 1.165) is 5.69 Å². The summed E-state index contributed by atoms with van der Waals surface area (Å²) in [5, 5.41) is 8.57. The number of hydrogen-bond donors (Lipinski definition) is 3. The van der Waals surface area contributed by atoms with E-state index in [-0.39, 0.29) is 17.5 Å². The molecule has 2 amide bonds. The van der Waals surface area contributed by atoms with Crippen LogP contribution < -0.4 is 16.0 Å². The van der Waals surface area contributed by atoms with Crippen molar-refractivity contribution in [2.45, 2.75) is 26.7 Å². The number of hydrogen-bond acceptors (Lipinski definition) is 5. The summed E-state index contributed by atoms with van der Waals surface area (Å²) in [7, 11) is 0. The predicted octanol–water partition coefficient (Wildman–Crippen LogP) is 4.55. The Kier molecular flexibility index (Phi) is 6.19. The zero-order chi connectivity index (χ0) is 20.8. The number of nitrogens with one attached hydrogen (secondary N) is 3. The van der Waals surface area contributed by atoms with Gasteiger partial charge in [-0.15, -0.1) is 0 Å². The van der Waals surface area contributed by atoms with E-state index in [4.69, 9.17) is 0 Å². The summed E-state index contributed by atoms with van der Waals surface area (Å²) in [5.41, 5.74) is 3.59. The van der Waals surface area contributed by atoms with Crippen LogP contribution in [0, 0.1) is 0 Å². The number of aromatic nitrogens is 2. The number of carbonyl (C=O) groups excluding carboxylic acids is 2. The smallest absolute Gasteiger partial charge is 0.274 e. The van der Waals surface area contributed by atoms with Crippen molar-refractivity contribution in [1.82, 2.24) is 9.97 Å². The molecule has 0 radical (unpaired) electrons. The van der Waals surface area contributed by atoms with Crippen molar-refractivity contribution in [3.05, 3.63) is 72.1 Å². The van der Waals surface area contributed by atoms with Gasteiger partial charge in [0.1, 0.15) is 5.69 Å². The molecule has 7 heteroatoms. The van der Waals surface area contributed by atoms with Crippen molar-refractivity contribution in [3.8, 4) is 0 Å². The standard InChI is InChI=1S/C22H23N5O2/c1-14(2)16-4-6-19(7-5-16)26-22-23-13-12-20(27-22)21(29)25-18-10-8-17(9-11-18)24-15(3)28/h4-14H,1-3H3,(H,24,28)(H,25,29)(H,23,26,27). The maximum Gasteiger partial charge on any atom is 0.274 e. The van der Waals surface area contributed by atoms with Crippen molar-refractivity contribution in [3.63, 3.8) is 0 Å². The minimum Gasteiger partial charge on any atom is -0.326 e. The first kappa shape index (κ1) is 20.0. The molecule has 0 unspecified atom stereocenters. The molecule has 1 aromatic heterocycles. The molecule has 3 rings (SSSR count). The van der Waals surface area contributed by atoms with Crippen LogP contribution >= 0.6 is 0 Å². The third-order valence-corrected chi connectivity index (χ3v) is 4.18. The lowest BCUT2D eigenvalue weighted by atomic mass is 10.0. The fourth-order valence-corrected chi connectivity index (χ4v) is 2.66. The van der Waals surface area contributed by atoms with Gasteiger partial charge in [-0.3, -0.25) is 9.59 Å². The van der Waals surface area contributed by atoms with Crippen LogP contribution in [-0.2, 0) is 4.79 Å². The normalized spacial score (nSPS) is 10.5. The Hall–Kier alpha value is -3.74. The van der Waals surface area contributed by atoms with Crippen molar-refractivity contribution in [1.29, 1.82) is 0 Å². The van der Waals surface area contributed by atoms with Crippen LogP contribution in [-0.4, -0.2) is 21.8 Å². The highest BCUT2D eigenvalue weighted by molar-refractivity contribution is 6.03. The van der Waals surface area contributed by atoms with Crippen LogP contribution in [0.25, 0.3) is 0 Å². The van der Waals surface area contributed by atoms with Gasteiger partial charge in [-0.05, 0) is 53.9 Å². The molecule has 29 heavy (non-hydrogen) atoms. The van der Waals surface area contributed by atoms with Gasteiger partial charge in [-0.2, -0.15) is 0 Å². The van der Waals surface area contributed by atoms with Crippen molar-refractivity contribution < 1.29 is 9.59 Å². The summed E-state index contributed by atoms with van der Waals surface area (Å²) in [6.45, 7) is 5.72. The summed E-state index contributed by atoms with van der Waals surface area (Å²) < 4.78 is 0. The Morgan fingerprint density at radius 3 is 2.00 bits per heavy atom. The van der Waals surface area contributed by atoms with E-state index >= 15 is 0 Å². The van der Waals surface area contributed by atoms with Crippen LogP contribution in [0.2, 0.25) is 0 Å². The lowest BCUT2D eigenvalue weighted by molar-refractivity contribution is -0.114. The molecule has 0 saturated heterocycles. The quantitative estimate of drug-likeness (QED) is 0.575. The monoisotopic (exact) mass is 389 g/mol. The zero-order valence-electron chi connectivity index (χ0n) is 16.6. The van der Waals surface area contributed by atoms with Gasteiger partial charge in [0.2, 0.25) is 11.9 Å². The van der Waals surface area contributed by atoms with Crippen LogP contribution in [0.15, 0.2) is 60.8 Å². The first-order valence-electron chi connectivity index (χ1n) is 9.30. The number of carbonyl (C=O) groups is 2. The summed E-state index contributed by atoms with van der Waals surface area (Å²) in [6, 6.07) is 16.4. The average molecular weight is 389 g/mol. The molecule has 0 aliphatic carbocycles. The van der Waals surface area contributed by atoms with Crippen molar-refractivity contribution in [2.75, 3.05) is 16.0 Å². The number of amides is 2. The largest absolute Gasteiger partial charge is 0.326 e. The van der Waals surface area contributed by atoms with Gasteiger partial charge in [0.25, 0.3) is 5.91 Å². The molecule has 0 saturated carbocycles. The Morgan fingerprint density at radius 1 is 0.828 bits per heavy atom. The molecule has 3 aromatic rings. The Morgan fingerprint density at radius 2 is 1.41 bits per heavy atom. The van der Waals surface area contributed by atoms with Gasteiger partial charge in [0.15, 0.2) is 0 Å². The van der Waals surface area contributed by atoms with E-state index in [1.165, 1.54) is 18.7 Å². The molecule has 0 bridgehead atoms. The molecular formula is C22H23N5O2. The molecular weight excluding hydrogens is 366 g/mol. The molecule has 1 heterocycles. The highest BCUT2D eigenvalue weighted by Crippen LogP contribution is 2.19. The second-order valence-corrected chi connectivity index (χ2v) is 6.88. The van der Waals surface area contributed by atoms with Crippen LogP contribution in [0.3, 0.4) is 0 Å². The van der Waals surface area contributed by atoms with E-state index in [1.54, 1.807) is 30.3 Å². The van der Waals surface area contributed by atoms with Gasteiger partial charge < -0.3 is 16.0 Å². The maximum atomic E-state index is 12.5. The zero-order valence-corrected chi connectivity index (χ0v) is 16.6. The maximum absolute atomic E-state index is 12.5. The van der Waals surface area contributed by atoms with E-state index in [9.17, 15) is 9.59 Å². The fraction of sp³-hybridized carbons (Fsp3) is 0.182. The lowest BCUT2D eigenvalue weighted by Gasteiger charge is -2.09. The number of nitrogens with zero attached hydrogens (tertiary/aromatic N) is 2. The Balaban J connectivity index is 1.66. The van der Waals surface area contributed by atoms with E-state index in [2.05, 4.69) is 39.8 Å². The summed E-state index contributed by atoms with van der Waals surface area (Å²) in [6.07, 6.45) is 1.53. The minimum absolute atomic E-state index is 0.151. The second kappa shape index (κ2) is 8.97. The van der Waals surface area contributed by atoms with Crippen molar-refractivity contribution in [2.24, 2.45) is 0 Å². The molecule has 148 valence electrons. The Labute approximate surface area is 169 Å². The SMILES string of the molecule is CC(=O)Nc1ccc(NC(=O)c2ccnc(Nc3ccc(C(C)C)cc3)n2)cc1. The van der Waals surface area contributed by atoms with E-state index < -0.39 is 0 Å². The van der Waals surface area contributed by atoms with Crippen LogP contribution in [0.1, 0.15) is 42.7 Å². The van der Waals surface area contributed by atoms with Crippen LogP contribution in [0.5, 0.6) is 0 Å². The molecule has 0 spiro atoms. The molecule has 0 aliphatic heterocycles. The molecule has 0 atom stereocenters. The molecule has 7 nitrogen and oxygen atoms in total. The van der Waals surface area contributed by atoms with Gasteiger partial charge in [-0.25, -0.2) is 9.97 Å². The number of anilines is 4. The topological polar surface area (TPSA) is 96.0 Å². The second-order valence-electron chi connectivity index (χ2n) is 6.88. The van der Waals surface area contributed by atoms with Gasteiger partial charge in [0.05, 0.1) is 0 Å². The molecule has 0 fully saturated rings. The van der Waals surface area contributed by atoms with Crippen molar-refractivity contribution >= 4 is 34.8 Å². The highest BCUT2D eigenvalue weighted by atomic mass is 16.2. The van der Waals surface area contributed by atoms with Gasteiger partial charge in [0, 0.05) is 30.2 Å². The summed E-state index contributed by atoms with van der Waals surface area (Å²) >= 11 is 0. The van der Waals surface area contributed by atoms with Gasteiger partial charge >= 0.3 is 0 Å². The molecule has 0 aliphatic rings. The Bertz CT molecular complexity index is 998. The summed E-state index contributed by atoms with van der Waals surface area (Å²) in [4.78, 5) is 32.0. The number of benzene rings is 2. The predicted molar refractivity (Wildman–Crippen MR) is 115 cm³/mol. The van der Waals surface area contributed by atoms with Crippen LogP contribution in [0.4, 0.5) is 23.0 Å². The van der Waals surface area contributed by atoms with Gasteiger partial charge in [-0.1, -0.05) is 26.0 Å². The molecule has 3 N–H and O–H groups in total. The third-order valence-electron chi connectivity index (χ3n) is 4.18. The first-order chi connectivity index (χ1) is 13.9. The summed E-state index contributed by atoms with van der Waals surface area (Å²) in [5.74, 6) is 0.301. The molecule has 2 aromatic carbocycles. The first-order valence-corrected chi connectivity index (χ1v) is 9.30. The van der Waals surface area contributed by atoms with E-state index in [1.807, 2.05) is 24.3 Å². The third kappa shape index (κ3) is 5.62.